The number of rotatable bonds is 8. The van der Waals surface area contributed by atoms with Crippen LogP contribution in [-0.4, -0.2) is 4.57 Å². The number of aromatic nitrogens is 1. The molecule has 0 radical (unpaired) electrons. The van der Waals surface area contributed by atoms with E-state index in [9.17, 15) is 15.8 Å². The fourth-order valence-electron chi connectivity index (χ4n) is 8.52. The zero-order chi connectivity index (χ0) is 42.0. The molecule has 9 aromatic carbocycles. The van der Waals surface area contributed by atoms with E-state index in [0.717, 1.165) is 56.1 Å². The van der Waals surface area contributed by atoms with Gasteiger partial charge in [0.15, 0.2) is 0 Å². The minimum Gasteiger partial charge on any atom is -0.311 e. The Labute approximate surface area is 360 Å². The van der Waals surface area contributed by atoms with Crippen molar-refractivity contribution >= 4 is 38.9 Å². The molecule has 0 N–H and O–H groups in total. The highest BCUT2D eigenvalue weighted by molar-refractivity contribution is 6.10. The average molecular weight is 790 g/mol. The summed E-state index contributed by atoms with van der Waals surface area (Å²) in [5.74, 6) is 0. The van der Waals surface area contributed by atoms with E-state index in [0.29, 0.717) is 22.3 Å². The molecule has 1 heterocycles. The molecule has 5 heteroatoms. The van der Waals surface area contributed by atoms with Gasteiger partial charge in [0.25, 0.3) is 0 Å². The lowest BCUT2D eigenvalue weighted by molar-refractivity contribution is 1.18. The molecule has 0 saturated carbocycles. The van der Waals surface area contributed by atoms with Crippen LogP contribution in [0.15, 0.2) is 212 Å². The van der Waals surface area contributed by atoms with Gasteiger partial charge in [-0.25, -0.2) is 0 Å². The standard InChI is InChI=1S/C57H35N5/c58-36-39-33-47(37-59)57(48(34-39)38-60)45-21-19-42(20-22-45)40-15-17-41(18-16-40)43-23-28-51(29-24-43)61(49-9-3-1-4-10-49)52-30-25-44(26-31-52)46-27-32-56-54(35-46)53-13-7-8-14-55(53)62(56)50-11-5-2-6-12-50/h1-35H. The number of hydrogen-bond acceptors (Lipinski definition) is 4. The topological polar surface area (TPSA) is 79.5 Å². The Balaban J connectivity index is 0.912. The van der Waals surface area contributed by atoms with Gasteiger partial charge in [-0.3, -0.25) is 0 Å². The summed E-state index contributed by atoms with van der Waals surface area (Å²) < 4.78 is 2.35. The van der Waals surface area contributed by atoms with E-state index < -0.39 is 0 Å². The van der Waals surface area contributed by atoms with Crippen LogP contribution in [0.2, 0.25) is 0 Å². The molecule has 0 aliphatic carbocycles. The molecule has 5 nitrogen and oxygen atoms in total. The van der Waals surface area contributed by atoms with Crippen LogP contribution in [0.3, 0.4) is 0 Å². The van der Waals surface area contributed by atoms with Crippen molar-refractivity contribution in [1.82, 2.24) is 4.57 Å². The predicted octanol–water partition coefficient (Wildman–Crippen LogP) is 14.5. The lowest BCUT2D eigenvalue weighted by atomic mass is 9.92. The summed E-state index contributed by atoms with van der Waals surface area (Å²) in [6.07, 6.45) is 0. The van der Waals surface area contributed by atoms with Crippen molar-refractivity contribution in [3.8, 4) is 68.4 Å². The van der Waals surface area contributed by atoms with Gasteiger partial charge in [0.1, 0.15) is 0 Å². The molecule has 1 aromatic heterocycles. The van der Waals surface area contributed by atoms with E-state index in [1.165, 1.54) is 39.5 Å². The van der Waals surface area contributed by atoms with Gasteiger partial charge in [-0.15, -0.1) is 0 Å². The number of nitrogens with zero attached hydrogens (tertiary/aromatic N) is 5. The number of fused-ring (bicyclic) bond motifs is 3. The van der Waals surface area contributed by atoms with E-state index in [1.807, 2.05) is 36.4 Å². The lowest BCUT2D eigenvalue weighted by Gasteiger charge is -2.26. The van der Waals surface area contributed by atoms with Crippen LogP contribution < -0.4 is 4.90 Å². The molecule has 62 heavy (non-hydrogen) atoms. The maximum Gasteiger partial charge on any atom is 0.0999 e. The molecule has 0 fully saturated rings. The van der Waals surface area contributed by atoms with Crippen molar-refractivity contribution in [3.63, 3.8) is 0 Å². The molecule has 288 valence electrons. The third-order valence-corrected chi connectivity index (χ3v) is 11.5. The lowest BCUT2D eigenvalue weighted by Crippen LogP contribution is -2.09. The predicted molar refractivity (Wildman–Crippen MR) is 251 cm³/mol. The van der Waals surface area contributed by atoms with Gasteiger partial charge in [0.2, 0.25) is 0 Å². The quantitative estimate of drug-likeness (QED) is 0.154. The molecule has 0 spiro atoms. The fraction of sp³-hybridized carbons (Fsp3) is 0. The van der Waals surface area contributed by atoms with E-state index in [2.05, 4.69) is 191 Å². The van der Waals surface area contributed by atoms with Crippen molar-refractivity contribution in [3.05, 3.63) is 229 Å². The van der Waals surface area contributed by atoms with Gasteiger partial charge < -0.3 is 9.47 Å². The fourth-order valence-corrected chi connectivity index (χ4v) is 8.52. The van der Waals surface area contributed by atoms with Crippen molar-refractivity contribution in [1.29, 1.82) is 15.8 Å². The first-order chi connectivity index (χ1) is 30.6. The summed E-state index contributed by atoms with van der Waals surface area (Å²) in [5, 5.41) is 31.3. The van der Waals surface area contributed by atoms with Gasteiger partial charge in [-0.1, -0.05) is 133 Å². The van der Waals surface area contributed by atoms with Gasteiger partial charge in [-0.05, 0) is 118 Å². The number of benzene rings is 9. The zero-order valence-electron chi connectivity index (χ0n) is 33.4. The molecule has 10 aromatic rings. The monoisotopic (exact) mass is 789 g/mol. The molecule has 0 aliphatic rings. The van der Waals surface area contributed by atoms with Crippen molar-refractivity contribution < 1.29 is 0 Å². The second-order valence-corrected chi connectivity index (χ2v) is 15.1. The maximum absolute atomic E-state index is 9.77. The van der Waals surface area contributed by atoms with Crippen LogP contribution in [-0.2, 0) is 0 Å². The number of anilines is 3. The van der Waals surface area contributed by atoms with E-state index in [1.54, 1.807) is 0 Å². The second kappa shape index (κ2) is 16.0. The SMILES string of the molecule is N#Cc1cc(C#N)c(-c2ccc(-c3ccc(-c4ccc(N(c5ccccc5)c5ccc(-c6ccc7c(c6)c6ccccc6n7-c6ccccc6)cc5)cc4)cc3)cc2)c(C#N)c1. The first-order valence-corrected chi connectivity index (χ1v) is 20.3. The Bertz CT molecular complexity index is 3350. The summed E-state index contributed by atoms with van der Waals surface area (Å²) in [5.41, 5.74) is 15.5. The summed E-state index contributed by atoms with van der Waals surface area (Å²) >= 11 is 0. The molecule has 0 bridgehead atoms. The van der Waals surface area contributed by atoms with E-state index >= 15 is 0 Å². The van der Waals surface area contributed by atoms with Crippen LogP contribution in [0.5, 0.6) is 0 Å². The number of nitriles is 3. The first kappa shape index (κ1) is 37.3. The minimum atomic E-state index is 0.294. The minimum absolute atomic E-state index is 0.294. The molecule has 0 amide bonds. The van der Waals surface area contributed by atoms with Crippen molar-refractivity contribution in [2.45, 2.75) is 0 Å². The Hall–Kier alpha value is -8.95. The molecule has 0 aliphatic heterocycles. The third kappa shape index (κ3) is 6.81. The Morgan fingerprint density at radius 3 is 1.29 bits per heavy atom. The summed E-state index contributed by atoms with van der Waals surface area (Å²) in [7, 11) is 0. The van der Waals surface area contributed by atoms with Crippen LogP contribution in [0.1, 0.15) is 16.7 Å². The van der Waals surface area contributed by atoms with Gasteiger partial charge in [0, 0.05) is 39.1 Å². The second-order valence-electron chi connectivity index (χ2n) is 15.1. The Morgan fingerprint density at radius 2 is 0.758 bits per heavy atom. The summed E-state index contributed by atoms with van der Waals surface area (Å²) in [6, 6.07) is 79.7. The molecular formula is C57H35N5. The number of para-hydroxylation sites is 3. The largest absolute Gasteiger partial charge is 0.311 e. The first-order valence-electron chi connectivity index (χ1n) is 20.3. The van der Waals surface area contributed by atoms with Crippen LogP contribution >= 0.6 is 0 Å². The van der Waals surface area contributed by atoms with Gasteiger partial charge in [0.05, 0.1) is 45.9 Å². The number of hydrogen-bond donors (Lipinski definition) is 0. The Kier molecular flexibility index (Phi) is 9.64. The highest BCUT2D eigenvalue weighted by atomic mass is 15.1. The highest BCUT2D eigenvalue weighted by Gasteiger charge is 2.17. The maximum atomic E-state index is 9.77. The molecule has 0 unspecified atom stereocenters. The third-order valence-electron chi connectivity index (χ3n) is 11.5. The molecule has 0 saturated heterocycles. The van der Waals surface area contributed by atoms with E-state index in [-0.39, 0.29) is 0 Å². The van der Waals surface area contributed by atoms with Gasteiger partial charge in [-0.2, -0.15) is 15.8 Å². The molecular weight excluding hydrogens is 755 g/mol. The van der Waals surface area contributed by atoms with Crippen LogP contribution in [0.25, 0.3) is 72.0 Å². The molecule has 0 atom stereocenters. The Morgan fingerprint density at radius 1 is 0.339 bits per heavy atom. The van der Waals surface area contributed by atoms with Crippen molar-refractivity contribution in [2.75, 3.05) is 4.90 Å². The highest BCUT2D eigenvalue weighted by Crippen LogP contribution is 2.39. The summed E-state index contributed by atoms with van der Waals surface area (Å²) in [4.78, 5) is 2.29. The average Bonchev–Trinajstić information content (AvgIpc) is 3.68. The summed E-state index contributed by atoms with van der Waals surface area (Å²) in [6.45, 7) is 0. The smallest absolute Gasteiger partial charge is 0.0999 e. The van der Waals surface area contributed by atoms with Crippen LogP contribution in [0, 0.1) is 34.0 Å². The van der Waals surface area contributed by atoms with Crippen LogP contribution in [0.4, 0.5) is 17.1 Å². The molecule has 10 rings (SSSR count). The van der Waals surface area contributed by atoms with Crippen molar-refractivity contribution in [2.24, 2.45) is 0 Å². The zero-order valence-corrected chi connectivity index (χ0v) is 33.4. The van der Waals surface area contributed by atoms with E-state index in [4.69, 9.17) is 0 Å². The normalized spacial score (nSPS) is 10.9. The van der Waals surface area contributed by atoms with Gasteiger partial charge >= 0.3 is 0 Å².